The van der Waals surface area contributed by atoms with E-state index in [0.29, 0.717) is 5.92 Å². The maximum absolute atomic E-state index is 4.94. The molecule has 0 radical (unpaired) electrons. The van der Waals surface area contributed by atoms with Crippen molar-refractivity contribution in [3.05, 3.63) is 42.7 Å². The highest BCUT2D eigenvalue weighted by atomic mass is 15.1. The Bertz CT molecular complexity index is 983. The fourth-order valence-electron chi connectivity index (χ4n) is 4.22. The molecule has 4 rings (SSSR count). The maximum atomic E-state index is 4.94. The minimum absolute atomic E-state index is 0.614. The summed E-state index contributed by atoms with van der Waals surface area (Å²) < 4.78 is 0. The summed E-state index contributed by atoms with van der Waals surface area (Å²) in [6.45, 7) is 8.32. The Kier molecular flexibility index (Phi) is 7.85. The molecule has 170 valence electrons. The lowest BCUT2D eigenvalue weighted by molar-refractivity contribution is 0.392. The highest BCUT2D eigenvalue weighted by molar-refractivity contribution is 5.88. The van der Waals surface area contributed by atoms with Gasteiger partial charge in [-0.25, -0.2) is 9.97 Å². The molecule has 1 aliphatic rings. The van der Waals surface area contributed by atoms with Gasteiger partial charge in [-0.1, -0.05) is 19.1 Å². The molecule has 0 saturated carbocycles. The Labute approximate surface area is 191 Å². The van der Waals surface area contributed by atoms with E-state index in [9.17, 15) is 0 Å². The topological polar surface area (TPSA) is 78.0 Å². The molecule has 0 bridgehead atoms. The highest BCUT2D eigenvalue weighted by Gasteiger charge is 2.15. The van der Waals surface area contributed by atoms with Crippen LogP contribution in [0.5, 0.6) is 0 Å². The second kappa shape index (κ2) is 11.2. The zero-order valence-electron chi connectivity index (χ0n) is 19.3. The molecular weight excluding hydrogens is 398 g/mol. The number of aromatic nitrogens is 3. The van der Waals surface area contributed by atoms with Gasteiger partial charge in [-0.3, -0.25) is 4.98 Å². The smallest absolute Gasteiger partial charge is 0.154 e. The van der Waals surface area contributed by atoms with Crippen LogP contribution in [0, 0.1) is 5.92 Å². The van der Waals surface area contributed by atoms with E-state index in [2.05, 4.69) is 69.1 Å². The summed E-state index contributed by atoms with van der Waals surface area (Å²) in [4.78, 5) is 16.3. The van der Waals surface area contributed by atoms with Crippen molar-refractivity contribution in [2.75, 3.05) is 56.5 Å². The number of benzene rings is 1. The second-order valence-corrected chi connectivity index (χ2v) is 8.55. The molecule has 2 aromatic heterocycles. The molecule has 1 aliphatic heterocycles. The lowest BCUT2D eigenvalue weighted by Crippen LogP contribution is -2.33. The van der Waals surface area contributed by atoms with E-state index < -0.39 is 0 Å². The standard InChI is InChI=1S/C25H35N7/c1-3-26-12-5-15-32(2)21-9-7-20(8-10-21)22-16-23-24(29-14-13-28-23)25(31-22)30-18-19-6-4-11-27-17-19/h7-10,13-14,16,19,26-27H,3-6,11-12,15,17-18H2,1-2H3,(H,30,31). The van der Waals surface area contributed by atoms with Crippen LogP contribution in [-0.2, 0) is 0 Å². The van der Waals surface area contributed by atoms with Crippen LogP contribution in [-0.4, -0.2) is 61.3 Å². The van der Waals surface area contributed by atoms with Crippen LogP contribution in [0.15, 0.2) is 42.7 Å². The van der Waals surface area contributed by atoms with Crippen molar-refractivity contribution in [2.45, 2.75) is 26.2 Å². The van der Waals surface area contributed by atoms with E-state index in [4.69, 9.17) is 4.98 Å². The number of anilines is 2. The summed E-state index contributed by atoms with van der Waals surface area (Å²) in [5.74, 6) is 1.43. The Morgan fingerprint density at radius 1 is 1.16 bits per heavy atom. The van der Waals surface area contributed by atoms with Gasteiger partial charge in [-0.05, 0) is 69.6 Å². The van der Waals surface area contributed by atoms with Gasteiger partial charge >= 0.3 is 0 Å². The quantitative estimate of drug-likeness (QED) is 0.422. The van der Waals surface area contributed by atoms with Gasteiger partial charge in [0, 0.05) is 43.8 Å². The average molecular weight is 434 g/mol. The number of hydrogen-bond donors (Lipinski definition) is 3. The Balaban J connectivity index is 1.50. The highest BCUT2D eigenvalue weighted by Crippen LogP contribution is 2.27. The van der Waals surface area contributed by atoms with Gasteiger partial charge in [0.15, 0.2) is 5.82 Å². The predicted molar refractivity (Wildman–Crippen MR) is 133 cm³/mol. The molecule has 7 nitrogen and oxygen atoms in total. The predicted octanol–water partition coefficient (Wildman–Crippen LogP) is 3.54. The number of hydrogen-bond acceptors (Lipinski definition) is 7. The number of nitrogens with zero attached hydrogens (tertiary/aromatic N) is 4. The fourth-order valence-corrected chi connectivity index (χ4v) is 4.22. The van der Waals surface area contributed by atoms with E-state index >= 15 is 0 Å². The molecule has 0 amide bonds. The molecule has 3 N–H and O–H groups in total. The zero-order valence-corrected chi connectivity index (χ0v) is 19.3. The van der Waals surface area contributed by atoms with Crippen LogP contribution in [0.2, 0.25) is 0 Å². The lowest BCUT2D eigenvalue weighted by atomic mass is 10.00. The third kappa shape index (κ3) is 5.72. The molecule has 0 spiro atoms. The molecule has 1 aromatic carbocycles. The first-order valence-corrected chi connectivity index (χ1v) is 11.8. The van der Waals surface area contributed by atoms with Crippen molar-refractivity contribution in [1.82, 2.24) is 25.6 Å². The lowest BCUT2D eigenvalue weighted by Gasteiger charge is -2.23. The van der Waals surface area contributed by atoms with E-state index in [1.54, 1.807) is 12.4 Å². The SMILES string of the molecule is CCNCCCN(C)c1ccc(-c2cc3nccnc3c(NCC3CCCNC3)n2)cc1. The minimum Gasteiger partial charge on any atom is -0.375 e. The van der Waals surface area contributed by atoms with Crippen molar-refractivity contribution in [2.24, 2.45) is 5.92 Å². The third-order valence-electron chi connectivity index (χ3n) is 6.11. The molecule has 32 heavy (non-hydrogen) atoms. The van der Waals surface area contributed by atoms with Gasteiger partial charge < -0.3 is 20.9 Å². The summed E-state index contributed by atoms with van der Waals surface area (Å²) in [5, 5.41) is 10.4. The first kappa shape index (κ1) is 22.4. The van der Waals surface area contributed by atoms with Crippen LogP contribution in [0.25, 0.3) is 22.3 Å². The summed E-state index contributed by atoms with van der Waals surface area (Å²) >= 11 is 0. The summed E-state index contributed by atoms with van der Waals surface area (Å²) in [5.41, 5.74) is 4.92. The van der Waals surface area contributed by atoms with Gasteiger partial charge in [-0.2, -0.15) is 0 Å². The Morgan fingerprint density at radius 3 is 2.78 bits per heavy atom. The van der Waals surface area contributed by atoms with Crippen molar-refractivity contribution < 1.29 is 0 Å². The Hall–Kier alpha value is -2.77. The number of fused-ring (bicyclic) bond motifs is 1. The van der Waals surface area contributed by atoms with Crippen LogP contribution >= 0.6 is 0 Å². The summed E-state index contributed by atoms with van der Waals surface area (Å²) in [7, 11) is 2.15. The third-order valence-corrected chi connectivity index (χ3v) is 6.11. The number of pyridine rings is 1. The molecule has 1 unspecified atom stereocenters. The van der Waals surface area contributed by atoms with E-state index in [0.717, 1.165) is 73.8 Å². The molecule has 0 aliphatic carbocycles. The van der Waals surface area contributed by atoms with E-state index in [1.165, 1.54) is 18.5 Å². The molecule has 7 heteroatoms. The first-order chi connectivity index (χ1) is 15.7. The molecule has 3 heterocycles. The van der Waals surface area contributed by atoms with Crippen molar-refractivity contribution in [3.8, 4) is 11.3 Å². The Morgan fingerprint density at radius 2 is 2.00 bits per heavy atom. The normalized spacial score (nSPS) is 16.2. The van der Waals surface area contributed by atoms with Crippen LogP contribution < -0.4 is 20.9 Å². The van der Waals surface area contributed by atoms with Gasteiger partial charge in [0.1, 0.15) is 5.52 Å². The van der Waals surface area contributed by atoms with Crippen LogP contribution in [0.1, 0.15) is 26.2 Å². The van der Waals surface area contributed by atoms with Crippen LogP contribution in [0.3, 0.4) is 0 Å². The monoisotopic (exact) mass is 433 g/mol. The molecule has 1 atom stereocenters. The largest absolute Gasteiger partial charge is 0.375 e. The average Bonchev–Trinajstić information content (AvgIpc) is 2.85. The minimum atomic E-state index is 0.614. The van der Waals surface area contributed by atoms with Gasteiger partial charge in [-0.15, -0.1) is 0 Å². The van der Waals surface area contributed by atoms with E-state index in [-0.39, 0.29) is 0 Å². The number of rotatable bonds is 10. The van der Waals surface area contributed by atoms with Gasteiger partial charge in [0.25, 0.3) is 0 Å². The molecular formula is C25H35N7. The van der Waals surface area contributed by atoms with Crippen molar-refractivity contribution >= 4 is 22.5 Å². The van der Waals surface area contributed by atoms with Crippen molar-refractivity contribution in [1.29, 1.82) is 0 Å². The molecule has 3 aromatic rings. The first-order valence-electron chi connectivity index (χ1n) is 11.8. The number of nitrogens with one attached hydrogen (secondary N) is 3. The summed E-state index contributed by atoms with van der Waals surface area (Å²) in [6.07, 6.45) is 7.08. The fraction of sp³-hybridized carbons (Fsp3) is 0.480. The second-order valence-electron chi connectivity index (χ2n) is 8.55. The van der Waals surface area contributed by atoms with Gasteiger partial charge in [0.2, 0.25) is 0 Å². The van der Waals surface area contributed by atoms with Gasteiger partial charge in [0.05, 0.1) is 11.2 Å². The molecule has 1 fully saturated rings. The van der Waals surface area contributed by atoms with E-state index in [1.807, 2.05) is 6.07 Å². The maximum Gasteiger partial charge on any atom is 0.154 e. The zero-order chi connectivity index (χ0) is 22.2. The number of piperidine rings is 1. The summed E-state index contributed by atoms with van der Waals surface area (Å²) in [6, 6.07) is 10.7. The molecule has 1 saturated heterocycles. The van der Waals surface area contributed by atoms with Crippen molar-refractivity contribution in [3.63, 3.8) is 0 Å². The van der Waals surface area contributed by atoms with Crippen LogP contribution in [0.4, 0.5) is 11.5 Å².